The van der Waals surface area contributed by atoms with Gasteiger partial charge in [0.1, 0.15) is 17.3 Å². The maximum atomic E-state index is 13.9. The molecule has 0 saturated carbocycles. The molecule has 0 saturated heterocycles. The van der Waals surface area contributed by atoms with E-state index in [1.54, 1.807) is 0 Å². The fraction of sp³-hybridized carbons (Fsp3) is 0.176. The van der Waals surface area contributed by atoms with Gasteiger partial charge in [-0.1, -0.05) is 29.3 Å². The van der Waals surface area contributed by atoms with Crippen LogP contribution in [0.1, 0.15) is 13.3 Å². The van der Waals surface area contributed by atoms with E-state index in [2.05, 4.69) is 5.32 Å². The van der Waals surface area contributed by atoms with E-state index < -0.39 is 29.1 Å². The molecule has 0 spiro atoms. The van der Waals surface area contributed by atoms with E-state index in [4.69, 9.17) is 23.2 Å². The Morgan fingerprint density at radius 2 is 1.64 bits per heavy atom. The first-order valence-corrected chi connectivity index (χ1v) is 8.01. The third kappa shape index (κ3) is 5.14. The topological polar surface area (TPSA) is 49.4 Å². The molecule has 2 aromatic rings. The lowest BCUT2D eigenvalue weighted by molar-refractivity contribution is -0.117. The van der Waals surface area contributed by atoms with Crippen LogP contribution in [0.2, 0.25) is 10.0 Å². The number of halogens is 4. The molecule has 0 heterocycles. The van der Waals surface area contributed by atoms with Crippen LogP contribution >= 0.6 is 23.2 Å². The van der Waals surface area contributed by atoms with Crippen LogP contribution in [0.25, 0.3) is 0 Å². The summed E-state index contributed by atoms with van der Waals surface area (Å²) in [6, 6.07) is 7.80. The molecular formula is C17H14Cl2F2N2O2. The van der Waals surface area contributed by atoms with Gasteiger partial charge in [0.05, 0.1) is 0 Å². The van der Waals surface area contributed by atoms with Gasteiger partial charge in [-0.2, -0.15) is 0 Å². The number of para-hydroxylation sites is 1. The van der Waals surface area contributed by atoms with Crippen molar-refractivity contribution in [1.82, 2.24) is 0 Å². The Labute approximate surface area is 153 Å². The second-order valence-corrected chi connectivity index (χ2v) is 6.07. The van der Waals surface area contributed by atoms with Gasteiger partial charge in [-0.3, -0.25) is 9.59 Å². The van der Waals surface area contributed by atoms with Crippen molar-refractivity contribution in [2.24, 2.45) is 0 Å². The predicted molar refractivity (Wildman–Crippen MR) is 94.1 cm³/mol. The van der Waals surface area contributed by atoms with Gasteiger partial charge in [-0.05, 0) is 30.3 Å². The highest BCUT2D eigenvalue weighted by atomic mass is 35.5. The Bertz CT molecular complexity index is 775. The number of hydrogen-bond donors (Lipinski definition) is 1. The van der Waals surface area contributed by atoms with Gasteiger partial charge in [0.25, 0.3) is 0 Å². The SMILES string of the molecule is CC(=O)N(CCC(=O)Nc1cc(Cl)cc(Cl)c1)c1c(F)cccc1F. The maximum absolute atomic E-state index is 13.9. The van der Waals surface area contributed by atoms with Gasteiger partial charge in [0.15, 0.2) is 0 Å². The van der Waals surface area contributed by atoms with Crippen molar-refractivity contribution in [3.8, 4) is 0 Å². The summed E-state index contributed by atoms with van der Waals surface area (Å²) in [5.41, 5.74) is -0.0949. The first-order chi connectivity index (χ1) is 11.8. The van der Waals surface area contributed by atoms with E-state index in [-0.39, 0.29) is 13.0 Å². The summed E-state index contributed by atoms with van der Waals surface area (Å²) in [6.45, 7) is 0.980. The van der Waals surface area contributed by atoms with Crippen LogP contribution in [0.15, 0.2) is 36.4 Å². The van der Waals surface area contributed by atoms with E-state index in [9.17, 15) is 18.4 Å². The minimum absolute atomic E-state index is 0.169. The van der Waals surface area contributed by atoms with Crippen LogP contribution in [0, 0.1) is 11.6 Å². The first-order valence-electron chi connectivity index (χ1n) is 7.26. The minimum atomic E-state index is -0.878. The van der Waals surface area contributed by atoms with E-state index in [0.29, 0.717) is 15.7 Å². The Kier molecular flexibility index (Phi) is 6.33. The lowest BCUT2D eigenvalue weighted by Crippen LogP contribution is -2.33. The maximum Gasteiger partial charge on any atom is 0.226 e. The summed E-state index contributed by atoms with van der Waals surface area (Å²) in [6.07, 6.45) is -0.169. The lowest BCUT2D eigenvalue weighted by Gasteiger charge is -2.22. The van der Waals surface area contributed by atoms with Gasteiger partial charge in [-0.15, -0.1) is 0 Å². The van der Waals surface area contributed by atoms with Crippen molar-refractivity contribution in [3.63, 3.8) is 0 Å². The average Bonchev–Trinajstić information content (AvgIpc) is 2.48. The predicted octanol–water partition coefficient (Wildman–Crippen LogP) is 4.65. The molecule has 0 unspecified atom stereocenters. The van der Waals surface area contributed by atoms with E-state index in [1.807, 2.05) is 0 Å². The minimum Gasteiger partial charge on any atom is -0.326 e. The normalized spacial score (nSPS) is 10.4. The van der Waals surface area contributed by atoms with Crippen LogP contribution in [0.4, 0.5) is 20.2 Å². The first kappa shape index (κ1) is 19.1. The fourth-order valence-electron chi connectivity index (χ4n) is 2.24. The molecule has 0 aliphatic rings. The van der Waals surface area contributed by atoms with Crippen molar-refractivity contribution >= 4 is 46.4 Å². The highest BCUT2D eigenvalue weighted by molar-refractivity contribution is 6.35. The molecule has 0 radical (unpaired) electrons. The van der Waals surface area contributed by atoms with Crippen molar-refractivity contribution in [3.05, 3.63) is 58.1 Å². The van der Waals surface area contributed by atoms with Crippen molar-refractivity contribution < 1.29 is 18.4 Å². The quantitative estimate of drug-likeness (QED) is 0.812. The number of carbonyl (C=O) groups is 2. The largest absolute Gasteiger partial charge is 0.326 e. The van der Waals surface area contributed by atoms with E-state index in [1.165, 1.54) is 31.2 Å². The summed E-state index contributed by atoms with van der Waals surface area (Å²) >= 11 is 11.7. The van der Waals surface area contributed by atoms with E-state index >= 15 is 0 Å². The Morgan fingerprint density at radius 1 is 1.08 bits per heavy atom. The summed E-state index contributed by atoms with van der Waals surface area (Å²) in [5.74, 6) is -2.79. The lowest BCUT2D eigenvalue weighted by atomic mass is 10.2. The fourth-order valence-corrected chi connectivity index (χ4v) is 2.76. The number of nitrogens with zero attached hydrogens (tertiary/aromatic N) is 1. The molecule has 2 aromatic carbocycles. The molecule has 1 N–H and O–H groups in total. The van der Waals surface area contributed by atoms with Crippen molar-refractivity contribution in [1.29, 1.82) is 0 Å². The van der Waals surface area contributed by atoms with Crippen molar-refractivity contribution in [2.45, 2.75) is 13.3 Å². The monoisotopic (exact) mass is 386 g/mol. The molecule has 132 valence electrons. The third-order valence-corrected chi connectivity index (χ3v) is 3.73. The zero-order valence-electron chi connectivity index (χ0n) is 13.2. The van der Waals surface area contributed by atoms with Crippen molar-refractivity contribution in [2.75, 3.05) is 16.8 Å². The van der Waals surface area contributed by atoms with Crippen LogP contribution < -0.4 is 10.2 Å². The van der Waals surface area contributed by atoms with E-state index in [0.717, 1.165) is 17.0 Å². The molecule has 25 heavy (non-hydrogen) atoms. The molecule has 0 aliphatic heterocycles. The molecule has 4 nitrogen and oxygen atoms in total. The number of anilines is 2. The van der Waals surface area contributed by atoms with Crippen LogP contribution in [0.5, 0.6) is 0 Å². The van der Waals surface area contributed by atoms with Gasteiger partial charge < -0.3 is 10.2 Å². The van der Waals surface area contributed by atoms with Crippen LogP contribution in [-0.2, 0) is 9.59 Å². The summed E-state index contributed by atoms with van der Waals surface area (Å²) in [4.78, 5) is 24.7. The molecule has 2 amide bonds. The Balaban J connectivity index is 2.08. The van der Waals surface area contributed by atoms with Crippen LogP contribution in [-0.4, -0.2) is 18.4 Å². The zero-order valence-corrected chi connectivity index (χ0v) is 14.7. The van der Waals surface area contributed by atoms with Gasteiger partial charge >= 0.3 is 0 Å². The molecule has 0 aromatic heterocycles. The number of amides is 2. The molecular weight excluding hydrogens is 373 g/mol. The van der Waals surface area contributed by atoms with Gasteiger partial charge in [0.2, 0.25) is 11.8 Å². The number of benzene rings is 2. The molecule has 0 aliphatic carbocycles. The summed E-state index contributed by atoms with van der Waals surface area (Å²) in [7, 11) is 0. The number of rotatable bonds is 5. The second kappa shape index (κ2) is 8.27. The smallest absolute Gasteiger partial charge is 0.226 e. The Hall–Kier alpha value is -2.18. The summed E-state index contributed by atoms with van der Waals surface area (Å²) < 4.78 is 27.7. The second-order valence-electron chi connectivity index (χ2n) is 5.20. The molecule has 0 fully saturated rings. The van der Waals surface area contributed by atoms with Crippen LogP contribution in [0.3, 0.4) is 0 Å². The standard InChI is InChI=1S/C17H14Cl2F2N2O2/c1-10(24)23(17-14(20)3-2-4-15(17)21)6-5-16(25)22-13-8-11(18)7-12(19)9-13/h2-4,7-9H,5-6H2,1H3,(H,22,25). The number of carbonyl (C=O) groups excluding carboxylic acids is 2. The van der Waals surface area contributed by atoms with Gasteiger partial charge in [-0.25, -0.2) is 8.78 Å². The Morgan fingerprint density at radius 3 is 2.16 bits per heavy atom. The zero-order chi connectivity index (χ0) is 18.6. The molecule has 0 atom stereocenters. The highest BCUT2D eigenvalue weighted by Crippen LogP contribution is 2.24. The highest BCUT2D eigenvalue weighted by Gasteiger charge is 2.21. The molecule has 0 bridgehead atoms. The number of nitrogens with one attached hydrogen (secondary N) is 1. The summed E-state index contributed by atoms with van der Waals surface area (Å²) in [5, 5.41) is 3.26. The third-order valence-electron chi connectivity index (χ3n) is 3.30. The molecule has 8 heteroatoms. The average molecular weight is 387 g/mol. The molecule has 2 rings (SSSR count). The number of hydrogen-bond acceptors (Lipinski definition) is 2. The van der Waals surface area contributed by atoms with Gasteiger partial charge in [0, 0.05) is 35.6 Å².